The molecule has 3 N–H and O–H groups in total. The van der Waals surface area contributed by atoms with Gasteiger partial charge in [0.1, 0.15) is 0 Å². The first-order valence-corrected chi connectivity index (χ1v) is 7.04. The summed E-state index contributed by atoms with van der Waals surface area (Å²) in [5, 5.41) is 7.56. The van der Waals surface area contributed by atoms with Crippen molar-refractivity contribution < 1.29 is 4.74 Å². The van der Waals surface area contributed by atoms with Crippen LogP contribution in [0, 0.1) is 10.8 Å². The highest BCUT2D eigenvalue weighted by Crippen LogP contribution is 2.33. The second kappa shape index (κ2) is 5.74. The fourth-order valence-corrected chi connectivity index (χ4v) is 2.47. The summed E-state index contributed by atoms with van der Waals surface area (Å²) in [6.07, 6.45) is 4.46. The van der Waals surface area contributed by atoms with Gasteiger partial charge in [-0.2, -0.15) is 0 Å². The summed E-state index contributed by atoms with van der Waals surface area (Å²) in [4.78, 5) is 0. The van der Waals surface area contributed by atoms with Gasteiger partial charge in [0.2, 0.25) is 0 Å². The van der Waals surface area contributed by atoms with E-state index in [0.29, 0.717) is 6.61 Å². The normalized spacial score (nSPS) is 18.9. The number of amidine groups is 1. The molecule has 3 heteroatoms. The third-order valence-electron chi connectivity index (χ3n) is 4.09. The lowest BCUT2D eigenvalue weighted by molar-refractivity contribution is 0.0305. The van der Waals surface area contributed by atoms with E-state index in [1.54, 1.807) is 0 Å². The van der Waals surface area contributed by atoms with Gasteiger partial charge < -0.3 is 10.5 Å². The number of hydrogen-bond acceptors (Lipinski definition) is 2. The maximum atomic E-state index is 7.56. The predicted molar refractivity (Wildman–Crippen MR) is 78.4 cm³/mol. The topological polar surface area (TPSA) is 59.1 Å². The summed E-state index contributed by atoms with van der Waals surface area (Å²) in [6, 6.07) is 8.56. The van der Waals surface area contributed by atoms with Crippen molar-refractivity contribution in [2.24, 2.45) is 11.1 Å². The highest BCUT2D eigenvalue weighted by atomic mass is 16.5. The van der Waals surface area contributed by atoms with Crippen molar-refractivity contribution in [1.82, 2.24) is 0 Å². The molecule has 104 valence electrons. The monoisotopic (exact) mass is 260 g/mol. The summed E-state index contributed by atoms with van der Waals surface area (Å²) in [5.74, 6) is 0.236. The molecule has 0 fully saturated rings. The molecular formula is C16H24N2O. The molecule has 19 heavy (non-hydrogen) atoms. The Balaban J connectivity index is 1.93. The summed E-state index contributed by atoms with van der Waals surface area (Å²) in [7, 11) is 0. The van der Waals surface area contributed by atoms with E-state index in [-0.39, 0.29) is 17.4 Å². The minimum absolute atomic E-state index is 0.215. The van der Waals surface area contributed by atoms with E-state index in [2.05, 4.69) is 24.3 Å². The van der Waals surface area contributed by atoms with Gasteiger partial charge in [-0.25, -0.2) is 0 Å². The van der Waals surface area contributed by atoms with Crippen LogP contribution in [0.4, 0.5) is 0 Å². The van der Waals surface area contributed by atoms with Crippen molar-refractivity contribution in [1.29, 1.82) is 5.41 Å². The minimum Gasteiger partial charge on any atom is -0.387 e. The molecule has 3 nitrogen and oxygen atoms in total. The molecule has 2 rings (SSSR count). The van der Waals surface area contributed by atoms with Crippen LogP contribution in [0.1, 0.15) is 50.3 Å². The Kier molecular flexibility index (Phi) is 4.25. The highest BCUT2D eigenvalue weighted by Gasteiger charge is 2.24. The fraction of sp³-hybridized carbons (Fsp3) is 0.562. The lowest BCUT2D eigenvalue weighted by Gasteiger charge is -2.28. The van der Waals surface area contributed by atoms with Crippen molar-refractivity contribution in [3.63, 3.8) is 0 Å². The van der Waals surface area contributed by atoms with E-state index >= 15 is 0 Å². The Bertz CT molecular complexity index is 454. The molecule has 0 saturated carbocycles. The standard InChI is InChI=1S/C16H24N2O/c1-16(2,15(17)18)10-11-19-14-9-5-7-12-6-3-4-8-13(12)14/h3-4,6,8,14H,5,7,9-11H2,1-2H3,(H3,17,18). The van der Waals surface area contributed by atoms with Gasteiger partial charge in [-0.05, 0) is 36.8 Å². The molecule has 1 aromatic carbocycles. The van der Waals surface area contributed by atoms with E-state index < -0.39 is 0 Å². The zero-order valence-electron chi connectivity index (χ0n) is 11.9. The number of benzene rings is 1. The van der Waals surface area contributed by atoms with Crippen molar-refractivity contribution in [2.45, 2.75) is 45.6 Å². The van der Waals surface area contributed by atoms with Crippen LogP contribution in [0.2, 0.25) is 0 Å². The third kappa shape index (κ3) is 3.35. The van der Waals surface area contributed by atoms with Crippen molar-refractivity contribution in [3.8, 4) is 0 Å². The summed E-state index contributed by atoms with van der Waals surface area (Å²) in [6.45, 7) is 4.65. The van der Waals surface area contributed by atoms with Crippen LogP contribution in [-0.2, 0) is 11.2 Å². The molecule has 0 radical (unpaired) electrons. The van der Waals surface area contributed by atoms with Crippen LogP contribution in [0.5, 0.6) is 0 Å². The van der Waals surface area contributed by atoms with E-state index in [1.807, 2.05) is 13.8 Å². The maximum absolute atomic E-state index is 7.56. The Morgan fingerprint density at radius 1 is 1.42 bits per heavy atom. The Hall–Kier alpha value is -1.35. The van der Waals surface area contributed by atoms with Gasteiger partial charge in [-0.1, -0.05) is 38.1 Å². The number of ether oxygens (including phenoxy) is 1. The molecule has 0 aromatic heterocycles. The molecule has 1 unspecified atom stereocenters. The fourth-order valence-electron chi connectivity index (χ4n) is 2.47. The van der Waals surface area contributed by atoms with Gasteiger partial charge in [0.15, 0.2) is 0 Å². The maximum Gasteiger partial charge on any atom is 0.0963 e. The number of hydrogen-bond donors (Lipinski definition) is 2. The van der Waals surface area contributed by atoms with Crippen LogP contribution < -0.4 is 5.73 Å². The largest absolute Gasteiger partial charge is 0.387 e. The molecule has 1 atom stereocenters. The zero-order valence-corrected chi connectivity index (χ0v) is 11.9. The number of aryl methyl sites for hydroxylation is 1. The molecule has 1 aromatic rings. The SMILES string of the molecule is CC(C)(CCOC1CCCc2ccccc21)C(=N)N. The molecule has 0 spiro atoms. The number of nitrogens with one attached hydrogen (secondary N) is 1. The first-order valence-electron chi connectivity index (χ1n) is 7.04. The first-order chi connectivity index (χ1) is 9.00. The first kappa shape index (κ1) is 14.1. The quantitative estimate of drug-likeness (QED) is 0.629. The van der Waals surface area contributed by atoms with Crippen LogP contribution in [-0.4, -0.2) is 12.4 Å². The van der Waals surface area contributed by atoms with Crippen LogP contribution in [0.3, 0.4) is 0 Å². The van der Waals surface area contributed by atoms with Crippen LogP contribution in [0.25, 0.3) is 0 Å². The molecule has 0 bridgehead atoms. The molecule has 0 amide bonds. The van der Waals surface area contributed by atoms with Gasteiger partial charge in [0.25, 0.3) is 0 Å². The van der Waals surface area contributed by atoms with E-state index in [9.17, 15) is 0 Å². The minimum atomic E-state index is -0.270. The van der Waals surface area contributed by atoms with Crippen molar-refractivity contribution in [3.05, 3.63) is 35.4 Å². The Morgan fingerprint density at radius 3 is 2.89 bits per heavy atom. The third-order valence-corrected chi connectivity index (χ3v) is 4.09. The lowest BCUT2D eigenvalue weighted by Crippen LogP contribution is -2.32. The average Bonchev–Trinajstić information content (AvgIpc) is 2.38. The van der Waals surface area contributed by atoms with Crippen LogP contribution >= 0.6 is 0 Å². The number of rotatable bonds is 5. The van der Waals surface area contributed by atoms with Crippen LogP contribution in [0.15, 0.2) is 24.3 Å². The van der Waals surface area contributed by atoms with Gasteiger partial charge >= 0.3 is 0 Å². The number of nitrogens with two attached hydrogens (primary N) is 1. The number of fused-ring (bicyclic) bond motifs is 1. The van der Waals surface area contributed by atoms with Crippen molar-refractivity contribution in [2.75, 3.05) is 6.61 Å². The summed E-state index contributed by atoms with van der Waals surface area (Å²) in [5.41, 5.74) is 8.09. The summed E-state index contributed by atoms with van der Waals surface area (Å²) >= 11 is 0. The average molecular weight is 260 g/mol. The lowest BCUT2D eigenvalue weighted by atomic mass is 9.88. The van der Waals surface area contributed by atoms with Gasteiger partial charge in [-0.15, -0.1) is 0 Å². The van der Waals surface area contributed by atoms with Gasteiger partial charge in [0, 0.05) is 12.0 Å². The van der Waals surface area contributed by atoms with E-state index in [1.165, 1.54) is 17.5 Å². The Morgan fingerprint density at radius 2 is 2.16 bits per heavy atom. The second-order valence-corrected chi connectivity index (χ2v) is 6.00. The van der Waals surface area contributed by atoms with Gasteiger partial charge in [0.05, 0.1) is 11.9 Å². The van der Waals surface area contributed by atoms with E-state index in [4.69, 9.17) is 15.9 Å². The molecule has 0 saturated heterocycles. The van der Waals surface area contributed by atoms with Gasteiger partial charge in [-0.3, -0.25) is 5.41 Å². The smallest absolute Gasteiger partial charge is 0.0963 e. The summed E-state index contributed by atoms with van der Waals surface area (Å²) < 4.78 is 6.04. The predicted octanol–water partition coefficient (Wildman–Crippen LogP) is 3.43. The molecule has 1 aliphatic carbocycles. The Labute approximate surface area is 115 Å². The second-order valence-electron chi connectivity index (χ2n) is 6.00. The highest BCUT2D eigenvalue weighted by molar-refractivity contribution is 5.82. The molecule has 0 aliphatic heterocycles. The molecule has 1 aliphatic rings. The van der Waals surface area contributed by atoms with Crippen molar-refractivity contribution >= 4 is 5.84 Å². The van der Waals surface area contributed by atoms with E-state index in [0.717, 1.165) is 19.3 Å². The molecule has 0 heterocycles. The zero-order chi connectivity index (χ0) is 13.9. The molecular weight excluding hydrogens is 236 g/mol.